The van der Waals surface area contributed by atoms with Gasteiger partial charge in [-0.05, 0) is 92.1 Å². The summed E-state index contributed by atoms with van der Waals surface area (Å²) in [6, 6.07) is 33.9. The molecule has 0 bridgehead atoms. The summed E-state index contributed by atoms with van der Waals surface area (Å²) in [5.41, 5.74) is -4.56. The lowest BCUT2D eigenvalue weighted by Gasteiger charge is -2.32. The molecule has 6 aromatic heterocycles. The number of aliphatic hydroxyl groups excluding tert-OH is 3. The number of aryl methyl sites for hydroxylation is 3. The number of imidazole rings is 3. The summed E-state index contributed by atoms with van der Waals surface area (Å²) in [5.74, 6) is -0.0204. The number of aromatic nitrogens is 12. The van der Waals surface area contributed by atoms with Crippen molar-refractivity contribution in [1.82, 2.24) is 73.8 Å². The van der Waals surface area contributed by atoms with Gasteiger partial charge in [0.25, 0.3) is 0 Å². The van der Waals surface area contributed by atoms with Gasteiger partial charge in [0.05, 0.1) is 76.3 Å². The minimum absolute atomic E-state index is 0. The maximum atomic E-state index is 16.0. The second-order valence-corrected chi connectivity index (χ2v) is 45.7. The SMILES string of the molecule is C.Cc1nc(N(C)C)c2ncn([C@@H]3O[C@](CCl)(CO[P@@](=O)(N[C@@H](C)C(=O)OCC(C)(C)C)Oc4cccc5ccccc45)[C@@H](O)[C@@H]3F)c2n1.Cc1nc(N(C)C)c2ncn([C@@H]3O[C@](CCl)(CO[P@@](=O)(N[C@H](C)C(=O)OCC(C)(C)C)Oc4cccc5ccccc45)[C@@H](O)[C@@H]3F)c2n1.Cc1nc(N(C)C)c2ncn([C@@H]3O[C@](CCl)(CO[P@](=O)(N[C@H](C)C(=O)OCC(C)(C)C)Oc4cccc5ccccc45)[C@@H](O)[C@@H]3F)c2n1. The second kappa shape index (κ2) is 45.9. The molecule has 48 heteroatoms. The molecule has 0 spiro atoms. The van der Waals surface area contributed by atoms with Gasteiger partial charge >= 0.3 is 41.1 Å². The Bertz CT molecular complexity index is 6120. The smallest absolute Gasteiger partial charge is 0.459 e. The fourth-order valence-electron chi connectivity index (χ4n) is 15.6. The summed E-state index contributed by atoms with van der Waals surface area (Å²) in [7, 11) is -2.70. The van der Waals surface area contributed by atoms with E-state index < -0.39 is 169 Å². The van der Waals surface area contributed by atoms with Crippen LogP contribution in [0.2, 0.25) is 0 Å². The maximum absolute atomic E-state index is 16.0. The lowest BCUT2D eigenvalue weighted by atomic mass is 9.99. The molecule has 12 aromatic rings. The molecule has 0 unspecified atom stereocenters. The first-order valence-electron chi connectivity index (χ1n) is 46.1. The normalized spacial score (nSPS) is 23.1. The number of ether oxygens (including phenoxy) is 6. The number of halogens is 6. The number of alkyl halides is 6. The van der Waals surface area contributed by atoms with Crippen molar-refractivity contribution >= 4 is 159 Å². The Labute approximate surface area is 853 Å². The average Bonchev–Trinajstić information content (AvgIpc) is 1.60. The molecule has 6 N–H and O–H groups in total. The molecule has 3 aliphatic heterocycles. The maximum Gasteiger partial charge on any atom is 0.459 e. The van der Waals surface area contributed by atoms with E-state index in [9.17, 15) is 43.4 Å². The summed E-state index contributed by atoms with van der Waals surface area (Å²) >= 11 is 19.1. The molecular weight excluding hydrogens is 2010 g/mol. The summed E-state index contributed by atoms with van der Waals surface area (Å²) in [6.45, 7) is 24.9. The Morgan fingerprint density at radius 3 is 0.876 bits per heavy atom. The molecule has 39 nitrogen and oxygen atoms in total. The zero-order valence-electron chi connectivity index (χ0n) is 83.7. The first kappa shape index (κ1) is 114. The average molecular weight is 2140 g/mol. The number of hydrogen-bond acceptors (Lipinski definition) is 33. The molecule has 3 aliphatic rings. The molecule has 0 amide bonds. The highest BCUT2D eigenvalue weighted by Crippen LogP contribution is 2.55. The van der Waals surface area contributed by atoms with E-state index in [1.54, 1.807) is 151 Å². The molecule has 9 heterocycles. The number of aliphatic hydroxyl groups is 3. The van der Waals surface area contributed by atoms with Crippen LogP contribution in [0.25, 0.3) is 65.8 Å². The van der Waals surface area contributed by atoms with E-state index in [0.29, 0.717) is 67.6 Å². The first-order chi connectivity index (χ1) is 67.7. The van der Waals surface area contributed by atoms with Crippen LogP contribution in [0.3, 0.4) is 0 Å². The molecule has 15 rings (SSSR count). The Kier molecular flexibility index (Phi) is 35.9. The summed E-state index contributed by atoms with van der Waals surface area (Å²) < 4.78 is 166. The number of benzene rings is 6. The van der Waals surface area contributed by atoms with E-state index >= 15 is 13.2 Å². The highest BCUT2D eigenvalue weighted by atomic mass is 35.5. The zero-order chi connectivity index (χ0) is 105. The van der Waals surface area contributed by atoms with Crippen molar-refractivity contribution in [3.05, 3.63) is 164 Å². The van der Waals surface area contributed by atoms with E-state index in [1.165, 1.54) is 53.5 Å². The molecule has 0 saturated carbocycles. The molecule has 0 aliphatic carbocycles. The monoisotopic (exact) mass is 2130 g/mol. The quantitative estimate of drug-likeness (QED) is 0.00919. The van der Waals surface area contributed by atoms with Gasteiger partial charge in [-0.15, -0.1) is 34.8 Å². The Morgan fingerprint density at radius 2 is 0.648 bits per heavy atom. The Balaban J connectivity index is 0.000000193. The minimum atomic E-state index is -4.49. The van der Waals surface area contributed by atoms with Gasteiger partial charge in [-0.25, -0.2) is 71.7 Å². The number of rotatable bonds is 36. The van der Waals surface area contributed by atoms with Crippen molar-refractivity contribution in [3.63, 3.8) is 0 Å². The van der Waals surface area contributed by atoms with Gasteiger partial charge in [0.15, 0.2) is 88.1 Å². The molecule has 3 saturated heterocycles. The van der Waals surface area contributed by atoms with Crippen LogP contribution < -0.4 is 43.5 Å². The van der Waals surface area contributed by atoms with E-state index in [0.717, 1.165) is 16.2 Å². The highest BCUT2D eigenvalue weighted by molar-refractivity contribution is 7.52. The van der Waals surface area contributed by atoms with Crippen LogP contribution in [0.15, 0.2) is 146 Å². The first-order valence-corrected chi connectivity index (χ1v) is 52.3. The van der Waals surface area contributed by atoms with E-state index in [4.69, 9.17) is 90.4 Å². The summed E-state index contributed by atoms with van der Waals surface area (Å²) in [6.07, 6.45) is -11.7. The third kappa shape index (κ3) is 26.0. The number of anilines is 3. The van der Waals surface area contributed by atoms with Gasteiger partial charge in [-0.1, -0.05) is 179 Å². The predicted octanol–water partition coefficient (Wildman–Crippen LogP) is 16.6. The van der Waals surface area contributed by atoms with Crippen molar-refractivity contribution in [1.29, 1.82) is 0 Å². The largest absolute Gasteiger partial charge is 0.464 e. The van der Waals surface area contributed by atoms with Crippen molar-refractivity contribution in [2.75, 3.05) is 114 Å². The molecule has 18 atom stereocenters. The van der Waals surface area contributed by atoms with Crippen molar-refractivity contribution in [3.8, 4) is 17.2 Å². The number of fused-ring (bicyclic) bond motifs is 6. The Hall–Kier alpha value is -10.2. The van der Waals surface area contributed by atoms with Crippen LogP contribution in [0.1, 0.15) is 127 Å². The number of nitrogens with one attached hydrogen (secondary N) is 3. The van der Waals surface area contributed by atoms with Crippen LogP contribution in [-0.4, -0.2) is 263 Å². The van der Waals surface area contributed by atoms with Crippen molar-refractivity contribution < 1.29 is 112 Å². The second-order valence-electron chi connectivity index (χ2n) is 39.8. The third-order valence-electron chi connectivity index (χ3n) is 23.1. The van der Waals surface area contributed by atoms with E-state index in [2.05, 4.69) is 60.1 Å². The van der Waals surface area contributed by atoms with Crippen LogP contribution in [0.4, 0.5) is 30.6 Å². The van der Waals surface area contributed by atoms with Crippen LogP contribution in [0, 0.1) is 37.0 Å². The standard InChI is InChI=1S/3C32H41ClFN6O7P.CH4/c3*1-19(30(42)44-16-31(3,4)5)38-48(43,47-23-14-10-12-21-11-8-9-13-22(21)23)45-17-32(15-33)26(41)24(34)29(46-32)40-18-35-25-27(39(6)7)36-20(2)37-28(25)40;/h3*8-14,18-19,24,26,29,41H,15-17H2,1-7H3,(H,38,43);1H4/t19-,24+,26+,29-,32-,48+;19-,24+,26+,29-,32-,48-;19-,24-,26-,29+,32+,48-;/m110./s1. The topological polar surface area (TPSA) is 450 Å². The van der Waals surface area contributed by atoms with Crippen molar-refractivity contribution in [2.45, 2.75) is 202 Å². The van der Waals surface area contributed by atoms with Crippen molar-refractivity contribution in [2.24, 2.45) is 16.2 Å². The van der Waals surface area contributed by atoms with Crippen LogP contribution in [0.5, 0.6) is 17.2 Å². The zero-order valence-corrected chi connectivity index (χ0v) is 88.6. The summed E-state index contributed by atoms with van der Waals surface area (Å²) in [4.78, 5) is 83.7. The number of esters is 3. The molecule has 3 fully saturated rings. The molecule has 6 aromatic carbocycles. The van der Waals surface area contributed by atoms with Gasteiger partial charge in [0, 0.05) is 58.4 Å². The molecule has 145 heavy (non-hydrogen) atoms. The molecule has 788 valence electrons. The van der Waals surface area contributed by atoms with Crippen LogP contribution >= 0.6 is 58.0 Å². The number of nitrogens with zero attached hydrogens (tertiary/aromatic N) is 15. The summed E-state index contributed by atoms with van der Waals surface area (Å²) in [5, 5.41) is 45.9. The van der Waals surface area contributed by atoms with Crippen LogP contribution in [-0.2, 0) is 70.1 Å². The lowest BCUT2D eigenvalue weighted by molar-refractivity contribution is -0.148. The molecular formula is C97H127Cl3F3N18O21P3. The fourth-order valence-corrected chi connectivity index (χ4v) is 21.2. The van der Waals surface area contributed by atoms with E-state index in [-0.39, 0.29) is 77.7 Å². The van der Waals surface area contributed by atoms with Gasteiger partial charge in [-0.3, -0.25) is 41.7 Å². The highest BCUT2D eigenvalue weighted by Gasteiger charge is 2.61. The molecule has 0 radical (unpaired) electrons. The van der Waals surface area contributed by atoms with Gasteiger partial charge < -0.3 is 72.0 Å². The predicted molar refractivity (Wildman–Crippen MR) is 547 cm³/mol. The lowest BCUT2D eigenvalue weighted by Crippen LogP contribution is -2.48. The third-order valence-corrected chi connectivity index (χ3v) is 29.3. The number of hydrogen-bond donors (Lipinski definition) is 6. The minimum Gasteiger partial charge on any atom is -0.464 e. The van der Waals surface area contributed by atoms with Gasteiger partial charge in [-0.2, -0.15) is 15.3 Å². The fraction of sp³-hybridized carbons (Fsp3) is 0.505. The number of carbonyl (C=O) groups excluding carboxylic acids is 3. The Morgan fingerprint density at radius 1 is 0.414 bits per heavy atom. The van der Waals surface area contributed by atoms with E-state index in [1.807, 2.05) is 117 Å². The van der Waals surface area contributed by atoms with Gasteiger partial charge in [0.2, 0.25) is 0 Å². The van der Waals surface area contributed by atoms with Gasteiger partial charge in [0.1, 0.15) is 88.0 Å². The number of carbonyl (C=O) groups is 3.